The Hall–Kier alpha value is -2.12. The number of unbranched alkanes of at least 4 members (excludes halogenated alkanes) is 1. The SMILES string of the molecule is COCCOc1ccc(CS(=O)(=O)NCCCCO)c(Oc2ncc(C(F)(F)F)cc2Cl)c1. The number of methoxy groups -OCH3 is 1. The Morgan fingerprint density at radius 3 is 2.58 bits per heavy atom. The molecule has 0 atom stereocenters. The van der Waals surface area contributed by atoms with E-state index in [2.05, 4.69) is 9.71 Å². The molecule has 0 unspecified atom stereocenters. The Labute approximate surface area is 194 Å². The van der Waals surface area contributed by atoms with Gasteiger partial charge in [0.25, 0.3) is 0 Å². The molecule has 0 aliphatic carbocycles. The molecule has 0 saturated heterocycles. The third kappa shape index (κ3) is 8.97. The Bertz CT molecular complexity index is 1020. The van der Waals surface area contributed by atoms with Crippen molar-refractivity contribution >= 4 is 21.6 Å². The van der Waals surface area contributed by atoms with Gasteiger partial charge in [-0.1, -0.05) is 17.7 Å². The summed E-state index contributed by atoms with van der Waals surface area (Å²) in [6.45, 7) is 0.602. The molecule has 1 aromatic carbocycles. The second kappa shape index (κ2) is 12.4. The number of hydrogen-bond acceptors (Lipinski definition) is 7. The van der Waals surface area contributed by atoms with Crippen LogP contribution in [0, 0.1) is 0 Å². The Kier molecular flexibility index (Phi) is 10.2. The molecule has 0 radical (unpaired) electrons. The third-order valence-corrected chi connectivity index (χ3v) is 5.79. The van der Waals surface area contributed by atoms with Crippen LogP contribution >= 0.6 is 11.6 Å². The standard InChI is InChI=1S/C20H24ClF3N2O6S/c1-30-8-9-31-16-5-4-14(13-33(28,29)26-6-2-3-7-27)18(11-16)32-19-17(21)10-15(12-25-19)20(22,23)24/h4-5,10-12,26-27H,2-3,6-9,13H2,1H3. The van der Waals surface area contributed by atoms with Gasteiger partial charge >= 0.3 is 6.18 Å². The summed E-state index contributed by atoms with van der Waals surface area (Å²) in [5.74, 6) is -0.479. The zero-order valence-electron chi connectivity index (χ0n) is 17.7. The van der Waals surface area contributed by atoms with E-state index in [1.807, 2.05) is 0 Å². The van der Waals surface area contributed by atoms with Gasteiger partial charge < -0.3 is 19.3 Å². The zero-order valence-corrected chi connectivity index (χ0v) is 19.3. The lowest BCUT2D eigenvalue weighted by atomic mass is 10.2. The van der Waals surface area contributed by atoms with Gasteiger partial charge in [-0.3, -0.25) is 0 Å². The zero-order chi connectivity index (χ0) is 24.5. The van der Waals surface area contributed by atoms with E-state index < -0.39 is 32.5 Å². The minimum atomic E-state index is -4.63. The second-order valence-corrected chi connectivity index (χ2v) is 9.02. The summed E-state index contributed by atoms with van der Waals surface area (Å²) in [6.07, 6.45) is -3.16. The Morgan fingerprint density at radius 2 is 1.94 bits per heavy atom. The van der Waals surface area contributed by atoms with Crippen molar-refractivity contribution in [3.8, 4) is 17.4 Å². The van der Waals surface area contributed by atoms with Crippen molar-refractivity contribution in [1.29, 1.82) is 0 Å². The fraction of sp³-hybridized carbons (Fsp3) is 0.450. The van der Waals surface area contributed by atoms with Crippen LogP contribution < -0.4 is 14.2 Å². The van der Waals surface area contributed by atoms with E-state index in [4.69, 9.17) is 30.9 Å². The summed E-state index contributed by atoms with van der Waals surface area (Å²) < 4.78 is 81.9. The van der Waals surface area contributed by atoms with Crippen LogP contribution in [-0.2, 0) is 26.7 Å². The van der Waals surface area contributed by atoms with Crippen LogP contribution in [0.25, 0.3) is 0 Å². The van der Waals surface area contributed by atoms with Gasteiger partial charge in [-0.15, -0.1) is 0 Å². The van der Waals surface area contributed by atoms with Crippen LogP contribution in [0.4, 0.5) is 13.2 Å². The number of nitrogens with zero attached hydrogens (tertiary/aromatic N) is 1. The van der Waals surface area contributed by atoms with Crippen molar-refractivity contribution in [3.05, 3.63) is 46.6 Å². The van der Waals surface area contributed by atoms with Crippen molar-refractivity contribution < 1.29 is 40.9 Å². The second-order valence-electron chi connectivity index (χ2n) is 6.81. The van der Waals surface area contributed by atoms with Crippen LogP contribution in [0.1, 0.15) is 24.0 Å². The quantitative estimate of drug-likeness (QED) is 0.393. The molecular formula is C20H24ClF3N2O6S. The summed E-state index contributed by atoms with van der Waals surface area (Å²) in [5.41, 5.74) is -0.840. The van der Waals surface area contributed by atoms with Gasteiger partial charge in [0.2, 0.25) is 15.9 Å². The summed E-state index contributed by atoms with van der Waals surface area (Å²) in [5, 5.41) is 8.41. The molecule has 1 aromatic heterocycles. The van der Waals surface area contributed by atoms with Crippen LogP contribution in [-0.4, -0.2) is 52.0 Å². The Morgan fingerprint density at radius 1 is 1.18 bits per heavy atom. The number of halogens is 4. The Balaban J connectivity index is 2.30. The predicted molar refractivity (Wildman–Crippen MR) is 115 cm³/mol. The first-order valence-electron chi connectivity index (χ1n) is 9.79. The first kappa shape index (κ1) is 27.1. The molecule has 0 aliphatic rings. The third-order valence-electron chi connectivity index (χ3n) is 4.19. The van der Waals surface area contributed by atoms with Crippen LogP contribution in [0.5, 0.6) is 17.4 Å². The molecule has 1 heterocycles. The number of benzene rings is 1. The minimum absolute atomic E-state index is 0.000177. The highest BCUT2D eigenvalue weighted by Crippen LogP contribution is 2.36. The van der Waals surface area contributed by atoms with E-state index in [0.29, 0.717) is 37.5 Å². The van der Waals surface area contributed by atoms with E-state index in [1.165, 1.54) is 25.3 Å². The first-order valence-corrected chi connectivity index (χ1v) is 11.8. The molecule has 0 saturated carbocycles. The predicted octanol–water partition coefficient (Wildman–Crippen LogP) is 3.76. The van der Waals surface area contributed by atoms with Crippen molar-refractivity contribution in [2.24, 2.45) is 0 Å². The average Bonchev–Trinajstić information content (AvgIpc) is 2.73. The van der Waals surface area contributed by atoms with Crippen LogP contribution in [0.15, 0.2) is 30.5 Å². The molecule has 184 valence electrons. The first-order chi connectivity index (χ1) is 15.6. The molecule has 0 bridgehead atoms. The maximum absolute atomic E-state index is 12.9. The number of aliphatic hydroxyl groups is 1. The number of alkyl halides is 3. The molecule has 0 spiro atoms. The molecule has 2 rings (SSSR count). The maximum Gasteiger partial charge on any atom is 0.417 e. The van der Waals surface area contributed by atoms with Gasteiger partial charge in [0.15, 0.2) is 0 Å². The molecule has 13 heteroatoms. The van der Waals surface area contributed by atoms with Gasteiger partial charge in [0, 0.05) is 38.1 Å². The largest absolute Gasteiger partial charge is 0.491 e. The average molecular weight is 513 g/mol. The molecule has 0 amide bonds. The monoisotopic (exact) mass is 512 g/mol. The fourth-order valence-corrected chi connectivity index (χ4v) is 3.97. The summed E-state index contributed by atoms with van der Waals surface area (Å²) in [6, 6.07) is 5.05. The molecule has 0 fully saturated rings. The van der Waals surface area contributed by atoms with Gasteiger partial charge in [-0.2, -0.15) is 13.2 Å². The van der Waals surface area contributed by atoms with Gasteiger partial charge in [0.1, 0.15) is 23.1 Å². The highest BCUT2D eigenvalue weighted by atomic mass is 35.5. The lowest BCUT2D eigenvalue weighted by Crippen LogP contribution is -2.26. The molecule has 33 heavy (non-hydrogen) atoms. The van der Waals surface area contributed by atoms with Gasteiger partial charge in [0.05, 0.1) is 17.9 Å². The number of rotatable bonds is 13. The smallest absolute Gasteiger partial charge is 0.417 e. The van der Waals surface area contributed by atoms with Crippen molar-refractivity contribution in [3.63, 3.8) is 0 Å². The maximum atomic E-state index is 12.9. The molecular weight excluding hydrogens is 489 g/mol. The van der Waals surface area contributed by atoms with Crippen molar-refractivity contribution in [1.82, 2.24) is 9.71 Å². The normalized spacial score (nSPS) is 12.1. The van der Waals surface area contributed by atoms with Gasteiger partial charge in [-0.25, -0.2) is 18.1 Å². The van der Waals surface area contributed by atoms with E-state index in [1.54, 1.807) is 0 Å². The van der Waals surface area contributed by atoms with Gasteiger partial charge in [-0.05, 0) is 25.0 Å². The number of aromatic nitrogens is 1. The number of ether oxygens (including phenoxy) is 3. The lowest BCUT2D eigenvalue weighted by molar-refractivity contribution is -0.137. The molecule has 2 aromatic rings. The summed E-state index contributed by atoms with van der Waals surface area (Å²) in [4.78, 5) is 3.63. The number of pyridine rings is 1. The number of sulfonamides is 1. The van der Waals surface area contributed by atoms with E-state index in [9.17, 15) is 21.6 Å². The lowest BCUT2D eigenvalue weighted by Gasteiger charge is -2.15. The van der Waals surface area contributed by atoms with Crippen LogP contribution in [0.3, 0.4) is 0 Å². The van der Waals surface area contributed by atoms with Crippen LogP contribution in [0.2, 0.25) is 5.02 Å². The summed E-state index contributed by atoms with van der Waals surface area (Å²) >= 11 is 5.92. The molecule has 8 nitrogen and oxygen atoms in total. The number of aliphatic hydroxyl groups excluding tert-OH is 1. The molecule has 0 aliphatic heterocycles. The highest BCUT2D eigenvalue weighted by Gasteiger charge is 2.32. The highest BCUT2D eigenvalue weighted by molar-refractivity contribution is 7.88. The number of nitrogens with one attached hydrogen (secondary N) is 1. The summed E-state index contributed by atoms with van der Waals surface area (Å²) in [7, 11) is -2.28. The van der Waals surface area contributed by atoms with E-state index in [-0.39, 0.29) is 37.0 Å². The molecule has 2 N–H and O–H groups in total. The van der Waals surface area contributed by atoms with Crippen molar-refractivity contribution in [2.45, 2.75) is 24.8 Å². The topological polar surface area (TPSA) is 107 Å². The van der Waals surface area contributed by atoms with E-state index >= 15 is 0 Å². The number of hydrogen-bond donors (Lipinski definition) is 2. The fourth-order valence-electron chi connectivity index (χ4n) is 2.56. The minimum Gasteiger partial charge on any atom is -0.491 e. The van der Waals surface area contributed by atoms with E-state index in [0.717, 1.165) is 0 Å². The van der Waals surface area contributed by atoms with Crippen molar-refractivity contribution in [2.75, 3.05) is 33.5 Å².